The molecule has 1 aliphatic heterocycles. The monoisotopic (exact) mass is 542 g/mol. The predicted molar refractivity (Wildman–Crippen MR) is 116 cm³/mol. The van der Waals surface area contributed by atoms with Crippen molar-refractivity contribution in [2.24, 2.45) is 0 Å². The zero-order valence-corrected chi connectivity index (χ0v) is 19.6. The van der Waals surface area contributed by atoms with Gasteiger partial charge in [-0.2, -0.15) is 0 Å². The lowest BCUT2D eigenvalue weighted by molar-refractivity contribution is -0.277. The van der Waals surface area contributed by atoms with Gasteiger partial charge in [0.15, 0.2) is 6.29 Å². The molecule has 214 valence electrons. The number of aliphatic hydroxyl groups excluding tert-OH is 7. The third-order valence-electron chi connectivity index (χ3n) is 5.47. The lowest BCUT2D eigenvalue weighted by Gasteiger charge is -2.42. The van der Waals surface area contributed by atoms with Crippen molar-refractivity contribution in [3.05, 3.63) is 0 Å². The predicted octanol–water partition coefficient (Wildman–Crippen LogP) is -5.78. The highest BCUT2D eigenvalue weighted by Crippen LogP contribution is 2.23. The molecule has 0 aliphatic carbocycles. The van der Waals surface area contributed by atoms with E-state index in [0.717, 1.165) is 0 Å². The quantitative estimate of drug-likeness (QED) is 0.0865. The van der Waals surface area contributed by atoms with Crippen molar-refractivity contribution in [1.29, 1.82) is 0 Å². The lowest BCUT2D eigenvalue weighted by atomic mass is 9.96. The van der Waals surface area contributed by atoms with Gasteiger partial charge in [0.1, 0.15) is 42.7 Å². The van der Waals surface area contributed by atoms with Gasteiger partial charge in [0, 0.05) is 12.8 Å². The van der Waals surface area contributed by atoms with E-state index in [9.17, 15) is 54.9 Å². The highest BCUT2D eigenvalue weighted by atomic mass is 16.7. The number of aliphatic hydroxyl groups is 7. The molecule has 0 aromatic rings. The first-order chi connectivity index (χ1) is 17.3. The summed E-state index contributed by atoms with van der Waals surface area (Å²) in [5.41, 5.74) is 0. The number of hydrogen-bond donors (Lipinski definition) is 11. The Morgan fingerprint density at radius 1 is 0.838 bits per heavy atom. The molecule has 1 rings (SSSR count). The Bertz CT molecular complexity index is 768. The highest BCUT2D eigenvalue weighted by molar-refractivity contribution is 5.81. The molecule has 17 heteroatoms. The molecule has 0 saturated carbocycles. The molecule has 1 aliphatic rings. The third kappa shape index (κ3) is 10.4. The summed E-state index contributed by atoms with van der Waals surface area (Å²) in [6.07, 6.45) is -14.3. The fourth-order valence-corrected chi connectivity index (χ4v) is 3.35. The van der Waals surface area contributed by atoms with E-state index in [-0.39, 0.29) is 0 Å². The maximum atomic E-state index is 12.0. The summed E-state index contributed by atoms with van der Waals surface area (Å²) in [4.78, 5) is 45.0. The summed E-state index contributed by atoms with van der Waals surface area (Å²) >= 11 is 0. The average molecular weight is 542 g/mol. The number of aliphatic carboxylic acids is 2. The number of carbonyl (C=O) groups excluding carboxylic acids is 2. The van der Waals surface area contributed by atoms with E-state index in [0.29, 0.717) is 0 Å². The summed E-state index contributed by atoms with van der Waals surface area (Å²) in [6, 6.07) is -2.99. The molecule has 0 unspecified atom stereocenters. The van der Waals surface area contributed by atoms with Gasteiger partial charge in [-0.15, -0.1) is 0 Å². The van der Waals surface area contributed by atoms with Gasteiger partial charge >= 0.3 is 11.9 Å². The van der Waals surface area contributed by atoms with E-state index in [1.165, 1.54) is 0 Å². The Hall–Kier alpha value is -2.48. The van der Waals surface area contributed by atoms with Crippen LogP contribution in [0.4, 0.5) is 0 Å². The first-order valence-corrected chi connectivity index (χ1v) is 11.2. The molecule has 0 spiro atoms. The second kappa shape index (κ2) is 15.7. The van der Waals surface area contributed by atoms with Gasteiger partial charge in [-0.25, -0.2) is 0 Å². The fraction of sp³-hybridized carbons (Fsp3) is 0.800. The number of rotatable bonds is 16. The average Bonchev–Trinajstić information content (AvgIpc) is 2.85. The Morgan fingerprint density at radius 3 is 1.92 bits per heavy atom. The van der Waals surface area contributed by atoms with Crippen LogP contribution in [-0.4, -0.2) is 145 Å². The van der Waals surface area contributed by atoms with Crippen molar-refractivity contribution >= 4 is 23.8 Å². The molecule has 9 atom stereocenters. The Balaban J connectivity index is 2.81. The summed E-state index contributed by atoms with van der Waals surface area (Å²) in [5, 5.41) is 91.6. The number of carboxylic acids is 2. The van der Waals surface area contributed by atoms with Crippen LogP contribution in [0.3, 0.4) is 0 Å². The number of ether oxygens (including phenoxy) is 2. The van der Waals surface area contributed by atoms with Crippen LogP contribution in [0.25, 0.3) is 0 Å². The molecule has 2 amide bonds. The SMILES string of the molecule is O=C(O)CCC(=O)N[C@H]1[C@@H](OC[C@@H](O)[C@H](O)[C@H](O)[C@H](CO)NC(=O)CCC(=O)O)O[C@H](CO)[C@H](O)[C@@H]1O. The Kier molecular flexibility index (Phi) is 13.8. The van der Waals surface area contributed by atoms with Gasteiger partial charge in [-0.1, -0.05) is 0 Å². The van der Waals surface area contributed by atoms with E-state index in [2.05, 4.69) is 10.6 Å². The van der Waals surface area contributed by atoms with Crippen molar-refractivity contribution in [1.82, 2.24) is 10.6 Å². The van der Waals surface area contributed by atoms with Crippen molar-refractivity contribution < 1.29 is 74.6 Å². The smallest absolute Gasteiger partial charge is 0.303 e. The Morgan fingerprint density at radius 2 is 1.41 bits per heavy atom. The molecule has 17 nitrogen and oxygen atoms in total. The van der Waals surface area contributed by atoms with Crippen molar-refractivity contribution in [2.45, 2.75) is 80.7 Å². The third-order valence-corrected chi connectivity index (χ3v) is 5.47. The van der Waals surface area contributed by atoms with Crippen LogP contribution in [0.2, 0.25) is 0 Å². The van der Waals surface area contributed by atoms with Crippen molar-refractivity contribution in [3.63, 3.8) is 0 Å². The molecule has 0 bridgehead atoms. The van der Waals surface area contributed by atoms with Crippen LogP contribution in [-0.2, 0) is 28.7 Å². The molecule has 0 radical (unpaired) electrons. The van der Waals surface area contributed by atoms with Crippen LogP contribution in [0, 0.1) is 0 Å². The minimum Gasteiger partial charge on any atom is -0.481 e. The lowest BCUT2D eigenvalue weighted by Crippen LogP contribution is -2.65. The molecule has 0 aromatic heterocycles. The number of carboxylic acid groups (broad SMARTS) is 2. The normalized spacial score (nSPS) is 26.9. The fourth-order valence-electron chi connectivity index (χ4n) is 3.35. The maximum Gasteiger partial charge on any atom is 0.303 e. The van der Waals surface area contributed by atoms with Gasteiger partial charge in [-0.3, -0.25) is 19.2 Å². The van der Waals surface area contributed by atoms with Crippen LogP contribution in [0.5, 0.6) is 0 Å². The van der Waals surface area contributed by atoms with Crippen LogP contribution < -0.4 is 10.6 Å². The minimum atomic E-state index is -2.03. The van der Waals surface area contributed by atoms with Gasteiger partial charge in [0.2, 0.25) is 11.8 Å². The molecule has 37 heavy (non-hydrogen) atoms. The number of carbonyl (C=O) groups is 4. The first kappa shape index (κ1) is 32.5. The number of hydrogen-bond acceptors (Lipinski definition) is 13. The topological polar surface area (TPSA) is 293 Å². The second-order valence-electron chi connectivity index (χ2n) is 8.33. The summed E-state index contributed by atoms with van der Waals surface area (Å²) in [7, 11) is 0. The molecule has 11 N–H and O–H groups in total. The molecule has 1 fully saturated rings. The van der Waals surface area contributed by atoms with Crippen LogP contribution >= 0.6 is 0 Å². The van der Waals surface area contributed by atoms with E-state index < -0.39 is 124 Å². The van der Waals surface area contributed by atoms with Gasteiger partial charge in [0.05, 0.1) is 38.7 Å². The summed E-state index contributed by atoms with van der Waals surface area (Å²) < 4.78 is 10.6. The maximum absolute atomic E-state index is 12.0. The first-order valence-electron chi connectivity index (χ1n) is 11.2. The standard InChI is InChI=1S/C20H34N2O15/c23-5-8(21-11(26)1-3-13(28)29)16(32)17(33)9(25)7-36-20-15(22-12(27)2-4-14(30)31)19(35)18(34)10(6-24)37-20/h8-10,15-20,23-25,32-35H,1-7H2,(H,21,26)(H,22,27)(H,28,29)(H,30,31)/t8-,9+,10+,15+,16+,17-,18-,19+,20-/m0/s1. The highest BCUT2D eigenvalue weighted by Gasteiger charge is 2.46. The Labute approximate surface area is 210 Å². The molecule has 1 heterocycles. The molecular formula is C20H34N2O15. The molecule has 1 saturated heterocycles. The van der Waals surface area contributed by atoms with Crippen LogP contribution in [0.15, 0.2) is 0 Å². The van der Waals surface area contributed by atoms with Crippen molar-refractivity contribution in [3.8, 4) is 0 Å². The largest absolute Gasteiger partial charge is 0.481 e. The van der Waals surface area contributed by atoms with Gasteiger partial charge in [-0.05, 0) is 0 Å². The van der Waals surface area contributed by atoms with Crippen LogP contribution in [0.1, 0.15) is 25.7 Å². The van der Waals surface area contributed by atoms with Gasteiger partial charge < -0.3 is 66.1 Å². The molecule has 0 aromatic carbocycles. The molecular weight excluding hydrogens is 508 g/mol. The summed E-state index contributed by atoms with van der Waals surface area (Å²) in [6.45, 7) is -2.49. The van der Waals surface area contributed by atoms with E-state index in [4.69, 9.17) is 19.7 Å². The number of amides is 2. The number of nitrogens with one attached hydrogen (secondary N) is 2. The van der Waals surface area contributed by atoms with E-state index >= 15 is 0 Å². The van der Waals surface area contributed by atoms with E-state index in [1.54, 1.807) is 0 Å². The zero-order valence-electron chi connectivity index (χ0n) is 19.6. The summed E-state index contributed by atoms with van der Waals surface area (Å²) in [5.74, 6) is -4.22. The van der Waals surface area contributed by atoms with Crippen molar-refractivity contribution in [2.75, 3.05) is 19.8 Å². The second-order valence-corrected chi connectivity index (χ2v) is 8.33. The van der Waals surface area contributed by atoms with Gasteiger partial charge in [0.25, 0.3) is 0 Å². The zero-order chi connectivity index (χ0) is 28.3. The minimum absolute atomic E-state index is 0.473. The van der Waals surface area contributed by atoms with E-state index in [1.807, 2.05) is 0 Å².